The Kier molecular flexibility index (Phi) is 3.84. The van der Waals surface area contributed by atoms with Crippen LogP contribution >= 0.6 is 0 Å². The van der Waals surface area contributed by atoms with E-state index in [1.807, 2.05) is 13.0 Å². The van der Waals surface area contributed by atoms with Gasteiger partial charge in [-0.15, -0.1) is 0 Å². The second kappa shape index (κ2) is 5.36. The van der Waals surface area contributed by atoms with Crippen molar-refractivity contribution in [1.82, 2.24) is 0 Å². The summed E-state index contributed by atoms with van der Waals surface area (Å²) in [5, 5.41) is 3.23. The molecule has 94 valence electrons. The van der Waals surface area contributed by atoms with Gasteiger partial charge in [0.25, 0.3) is 0 Å². The van der Waals surface area contributed by atoms with Gasteiger partial charge in [-0.25, -0.2) is 4.39 Å². The zero-order valence-corrected chi connectivity index (χ0v) is 10.1. The van der Waals surface area contributed by atoms with Crippen LogP contribution in [0.25, 0.3) is 0 Å². The molecule has 1 aliphatic rings. The predicted octanol–water partition coefficient (Wildman–Crippen LogP) is 2.37. The van der Waals surface area contributed by atoms with Gasteiger partial charge in [0.15, 0.2) is 11.6 Å². The molecule has 0 spiro atoms. The third kappa shape index (κ3) is 3.09. The zero-order valence-electron chi connectivity index (χ0n) is 10.1. The third-order valence-electron chi connectivity index (χ3n) is 3.10. The standard InChI is InChI=1S/C13H19FN2O/c1-2-17-13-4-3-11(7-12(13)14)16-8-9-5-10(15)6-9/h3-4,7,9-10,16H,2,5-6,8,15H2,1H3. The van der Waals surface area contributed by atoms with E-state index >= 15 is 0 Å². The van der Waals surface area contributed by atoms with Crippen LogP contribution in [0.5, 0.6) is 5.75 Å². The second-order valence-electron chi connectivity index (χ2n) is 4.56. The van der Waals surface area contributed by atoms with Gasteiger partial charge in [-0.2, -0.15) is 0 Å². The van der Waals surface area contributed by atoms with E-state index in [0.717, 1.165) is 25.1 Å². The molecule has 0 unspecified atom stereocenters. The molecule has 0 aromatic heterocycles. The van der Waals surface area contributed by atoms with Crippen molar-refractivity contribution in [2.45, 2.75) is 25.8 Å². The zero-order chi connectivity index (χ0) is 12.3. The molecular formula is C13H19FN2O. The molecule has 17 heavy (non-hydrogen) atoms. The molecule has 0 bridgehead atoms. The van der Waals surface area contributed by atoms with E-state index < -0.39 is 0 Å². The van der Waals surface area contributed by atoms with Crippen LogP contribution in [-0.2, 0) is 0 Å². The topological polar surface area (TPSA) is 47.3 Å². The van der Waals surface area contributed by atoms with Crippen LogP contribution < -0.4 is 15.8 Å². The third-order valence-corrected chi connectivity index (χ3v) is 3.10. The number of hydrogen-bond donors (Lipinski definition) is 2. The Labute approximate surface area is 101 Å². The summed E-state index contributed by atoms with van der Waals surface area (Å²) in [6.45, 7) is 3.18. The molecule has 4 heteroatoms. The maximum Gasteiger partial charge on any atom is 0.167 e. The van der Waals surface area contributed by atoms with Gasteiger partial charge in [0.2, 0.25) is 0 Å². The molecule has 0 radical (unpaired) electrons. The van der Waals surface area contributed by atoms with Gasteiger partial charge in [0, 0.05) is 24.3 Å². The molecular weight excluding hydrogens is 219 g/mol. The SMILES string of the molecule is CCOc1ccc(NCC2CC(N)C2)cc1F. The smallest absolute Gasteiger partial charge is 0.167 e. The van der Waals surface area contributed by atoms with Crippen LogP contribution in [0.3, 0.4) is 0 Å². The van der Waals surface area contributed by atoms with Crippen molar-refractivity contribution in [3.05, 3.63) is 24.0 Å². The van der Waals surface area contributed by atoms with E-state index in [1.54, 1.807) is 6.07 Å². The molecule has 1 aromatic carbocycles. The predicted molar refractivity (Wildman–Crippen MR) is 66.8 cm³/mol. The van der Waals surface area contributed by atoms with E-state index in [0.29, 0.717) is 24.3 Å². The second-order valence-corrected chi connectivity index (χ2v) is 4.56. The van der Waals surface area contributed by atoms with Gasteiger partial charge in [0.1, 0.15) is 0 Å². The monoisotopic (exact) mass is 238 g/mol. The minimum atomic E-state index is -0.317. The summed E-state index contributed by atoms with van der Waals surface area (Å²) in [5.74, 6) is 0.616. The Morgan fingerprint density at radius 2 is 2.24 bits per heavy atom. The summed E-state index contributed by atoms with van der Waals surface area (Å²) in [6, 6.07) is 5.34. The van der Waals surface area contributed by atoms with E-state index in [9.17, 15) is 4.39 Å². The van der Waals surface area contributed by atoms with Crippen LogP contribution in [0.4, 0.5) is 10.1 Å². The molecule has 3 N–H and O–H groups in total. The lowest BCUT2D eigenvalue weighted by Gasteiger charge is -2.32. The van der Waals surface area contributed by atoms with Crippen molar-refractivity contribution in [2.24, 2.45) is 11.7 Å². The van der Waals surface area contributed by atoms with Crippen molar-refractivity contribution in [3.63, 3.8) is 0 Å². The molecule has 1 fully saturated rings. The molecule has 2 rings (SSSR count). The molecule has 0 aliphatic heterocycles. The molecule has 3 nitrogen and oxygen atoms in total. The number of rotatable bonds is 5. The Morgan fingerprint density at radius 3 is 2.82 bits per heavy atom. The van der Waals surface area contributed by atoms with Gasteiger partial charge in [-0.1, -0.05) is 0 Å². The average Bonchev–Trinajstić information content (AvgIpc) is 2.26. The van der Waals surface area contributed by atoms with E-state index in [4.69, 9.17) is 10.5 Å². The normalized spacial score (nSPS) is 23.0. The van der Waals surface area contributed by atoms with E-state index in [2.05, 4.69) is 5.32 Å². The lowest BCUT2D eigenvalue weighted by molar-refractivity contribution is 0.280. The fraction of sp³-hybridized carbons (Fsp3) is 0.538. The van der Waals surface area contributed by atoms with Crippen LogP contribution in [-0.4, -0.2) is 19.2 Å². The van der Waals surface area contributed by atoms with Gasteiger partial charge >= 0.3 is 0 Å². The molecule has 0 heterocycles. The Bertz CT molecular complexity index is 378. The minimum Gasteiger partial charge on any atom is -0.491 e. The summed E-state index contributed by atoms with van der Waals surface area (Å²) >= 11 is 0. The summed E-state index contributed by atoms with van der Waals surface area (Å²) in [5.41, 5.74) is 6.51. The van der Waals surface area contributed by atoms with Crippen molar-refractivity contribution in [2.75, 3.05) is 18.5 Å². The lowest BCUT2D eigenvalue weighted by Crippen LogP contribution is -2.39. The van der Waals surface area contributed by atoms with Gasteiger partial charge in [0.05, 0.1) is 6.61 Å². The lowest BCUT2D eigenvalue weighted by atomic mass is 9.81. The fourth-order valence-corrected chi connectivity index (χ4v) is 2.10. The highest BCUT2D eigenvalue weighted by atomic mass is 19.1. The number of halogens is 1. The van der Waals surface area contributed by atoms with Crippen molar-refractivity contribution >= 4 is 5.69 Å². The fourth-order valence-electron chi connectivity index (χ4n) is 2.10. The van der Waals surface area contributed by atoms with Crippen molar-refractivity contribution in [1.29, 1.82) is 0 Å². The van der Waals surface area contributed by atoms with Crippen LogP contribution in [0, 0.1) is 11.7 Å². The minimum absolute atomic E-state index is 0.309. The maximum atomic E-state index is 13.5. The first kappa shape index (κ1) is 12.2. The highest BCUT2D eigenvalue weighted by Gasteiger charge is 2.25. The number of nitrogens with two attached hydrogens (primary N) is 1. The van der Waals surface area contributed by atoms with Gasteiger partial charge in [-0.3, -0.25) is 0 Å². The first-order valence-electron chi connectivity index (χ1n) is 6.11. The Morgan fingerprint density at radius 1 is 1.47 bits per heavy atom. The van der Waals surface area contributed by atoms with E-state index in [1.165, 1.54) is 6.07 Å². The molecule has 1 aliphatic carbocycles. The summed E-state index contributed by atoms with van der Waals surface area (Å²) in [4.78, 5) is 0. The van der Waals surface area contributed by atoms with Gasteiger partial charge in [-0.05, 0) is 37.8 Å². The molecule has 0 amide bonds. The maximum absolute atomic E-state index is 13.5. The molecule has 0 atom stereocenters. The molecule has 0 saturated heterocycles. The first-order valence-corrected chi connectivity index (χ1v) is 6.11. The molecule has 1 aromatic rings. The van der Waals surface area contributed by atoms with Crippen molar-refractivity contribution < 1.29 is 9.13 Å². The van der Waals surface area contributed by atoms with Crippen LogP contribution in [0.15, 0.2) is 18.2 Å². The average molecular weight is 238 g/mol. The number of benzene rings is 1. The number of ether oxygens (including phenoxy) is 1. The van der Waals surface area contributed by atoms with Crippen molar-refractivity contribution in [3.8, 4) is 5.75 Å². The quantitative estimate of drug-likeness (QED) is 0.828. The first-order chi connectivity index (χ1) is 8.19. The molecule has 1 saturated carbocycles. The number of anilines is 1. The summed E-state index contributed by atoms with van der Waals surface area (Å²) < 4.78 is 18.7. The highest BCUT2D eigenvalue weighted by molar-refractivity contribution is 5.47. The van der Waals surface area contributed by atoms with Crippen LogP contribution in [0.1, 0.15) is 19.8 Å². The van der Waals surface area contributed by atoms with E-state index in [-0.39, 0.29) is 5.82 Å². The summed E-state index contributed by atoms with van der Waals surface area (Å²) in [7, 11) is 0. The van der Waals surface area contributed by atoms with Gasteiger partial charge < -0.3 is 15.8 Å². The Hall–Kier alpha value is -1.29. The summed E-state index contributed by atoms with van der Waals surface area (Å²) in [6.07, 6.45) is 2.12. The highest BCUT2D eigenvalue weighted by Crippen LogP contribution is 2.27. The largest absolute Gasteiger partial charge is 0.491 e. The Balaban J connectivity index is 1.86. The number of hydrogen-bond acceptors (Lipinski definition) is 3. The number of nitrogens with one attached hydrogen (secondary N) is 1. The van der Waals surface area contributed by atoms with Crippen LogP contribution in [0.2, 0.25) is 0 Å².